The fourth-order valence-corrected chi connectivity index (χ4v) is 1.97. The van der Waals surface area contributed by atoms with Gasteiger partial charge in [0, 0.05) is 25.8 Å². The predicted octanol–water partition coefficient (Wildman–Crippen LogP) is 1.78. The molecule has 1 atom stereocenters. The maximum Gasteiger partial charge on any atom is 0.251 e. The zero-order valence-electron chi connectivity index (χ0n) is 10.3. The van der Waals surface area contributed by atoms with Crippen molar-refractivity contribution in [3.63, 3.8) is 0 Å². The van der Waals surface area contributed by atoms with E-state index in [1.807, 2.05) is 0 Å². The first-order valence-electron chi connectivity index (χ1n) is 6.08. The van der Waals surface area contributed by atoms with Crippen LogP contribution in [0.1, 0.15) is 23.2 Å². The number of ether oxygens (including phenoxy) is 1. The molecule has 1 amide bonds. The van der Waals surface area contributed by atoms with Gasteiger partial charge in [0.1, 0.15) is 5.82 Å². The van der Waals surface area contributed by atoms with Crippen LogP contribution >= 0.6 is 0 Å². The molecular weight excluding hydrogens is 235 g/mol. The molecule has 5 heteroatoms. The summed E-state index contributed by atoms with van der Waals surface area (Å²) in [5.41, 5.74) is 0.704. The van der Waals surface area contributed by atoms with Crippen molar-refractivity contribution >= 4 is 11.6 Å². The van der Waals surface area contributed by atoms with E-state index in [9.17, 15) is 9.18 Å². The Kier molecular flexibility index (Phi) is 4.15. The fraction of sp³-hybridized carbons (Fsp3) is 0.462. The standard InChI is InChI=1S/C13H17FN2O2/c1-15-12-5-4-9(7-11(12)14)13(17)16-8-10-3-2-6-18-10/h4-5,7,10,15H,2-3,6,8H2,1H3,(H,16,17). The molecule has 18 heavy (non-hydrogen) atoms. The van der Waals surface area contributed by atoms with Gasteiger partial charge in [0.05, 0.1) is 11.8 Å². The van der Waals surface area contributed by atoms with Crippen molar-refractivity contribution in [2.45, 2.75) is 18.9 Å². The van der Waals surface area contributed by atoms with E-state index in [1.54, 1.807) is 19.2 Å². The lowest BCUT2D eigenvalue weighted by Gasteiger charge is -2.11. The Morgan fingerprint density at radius 1 is 1.56 bits per heavy atom. The monoisotopic (exact) mass is 252 g/mol. The zero-order chi connectivity index (χ0) is 13.0. The number of carbonyl (C=O) groups excluding carboxylic acids is 1. The molecule has 0 radical (unpaired) electrons. The van der Waals surface area contributed by atoms with Crippen LogP contribution in [0.5, 0.6) is 0 Å². The van der Waals surface area contributed by atoms with Crippen LogP contribution in [-0.4, -0.2) is 32.2 Å². The molecule has 1 saturated heterocycles. The number of nitrogens with one attached hydrogen (secondary N) is 2. The van der Waals surface area contributed by atoms with Crippen LogP contribution in [0.4, 0.5) is 10.1 Å². The van der Waals surface area contributed by atoms with Crippen molar-refractivity contribution in [2.24, 2.45) is 0 Å². The Morgan fingerprint density at radius 3 is 3.00 bits per heavy atom. The SMILES string of the molecule is CNc1ccc(C(=O)NCC2CCCO2)cc1F. The van der Waals surface area contributed by atoms with Gasteiger partial charge < -0.3 is 15.4 Å². The summed E-state index contributed by atoms with van der Waals surface area (Å²) in [4.78, 5) is 11.8. The molecule has 1 aliphatic heterocycles. The van der Waals surface area contributed by atoms with E-state index in [0.29, 0.717) is 17.8 Å². The van der Waals surface area contributed by atoms with Crippen molar-refractivity contribution in [1.82, 2.24) is 5.32 Å². The van der Waals surface area contributed by atoms with Gasteiger partial charge in [-0.05, 0) is 31.0 Å². The van der Waals surface area contributed by atoms with E-state index >= 15 is 0 Å². The minimum atomic E-state index is -0.428. The molecule has 1 aromatic carbocycles. The Hall–Kier alpha value is -1.62. The van der Waals surface area contributed by atoms with Gasteiger partial charge in [-0.1, -0.05) is 0 Å². The van der Waals surface area contributed by atoms with Crippen LogP contribution in [0.15, 0.2) is 18.2 Å². The molecule has 0 spiro atoms. The Balaban J connectivity index is 1.93. The predicted molar refractivity (Wildman–Crippen MR) is 67.3 cm³/mol. The van der Waals surface area contributed by atoms with E-state index in [0.717, 1.165) is 19.4 Å². The largest absolute Gasteiger partial charge is 0.386 e. The lowest BCUT2D eigenvalue weighted by atomic mass is 10.1. The molecule has 2 rings (SSSR count). The first-order chi connectivity index (χ1) is 8.70. The average Bonchev–Trinajstić information content (AvgIpc) is 2.89. The second-order valence-electron chi connectivity index (χ2n) is 4.29. The number of anilines is 1. The van der Waals surface area contributed by atoms with Gasteiger partial charge in [-0.2, -0.15) is 0 Å². The molecule has 1 unspecified atom stereocenters. The number of rotatable bonds is 4. The quantitative estimate of drug-likeness (QED) is 0.858. The normalized spacial score (nSPS) is 18.7. The summed E-state index contributed by atoms with van der Waals surface area (Å²) < 4.78 is 18.9. The summed E-state index contributed by atoms with van der Waals surface area (Å²) in [5, 5.41) is 5.47. The van der Waals surface area contributed by atoms with E-state index in [-0.39, 0.29) is 12.0 Å². The molecule has 1 heterocycles. The number of hydrogen-bond acceptors (Lipinski definition) is 3. The maximum absolute atomic E-state index is 13.5. The summed E-state index contributed by atoms with van der Waals surface area (Å²) in [7, 11) is 1.63. The van der Waals surface area contributed by atoms with E-state index in [4.69, 9.17) is 4.74 Å². The third kappa shape index (κ3) is 2.98. The van der Waals surface area contributed by atoms with Crippen molar-refractivity contribution in [2.75, 3.05) is 25.5 Å². The molecule has 2 N–H and O–H groups in total. The lowest BCUT2D eigenvalue weighted by molar-refractivity contribution is 0.0857. The fourth-order valence-electron chi connectivity index (χ4n) is 1.97. The summed E-state index contributed by atoms with van der Waals surface area (Å²) in [6.45, 7) is 1.24. The summed E-state index contributed by atoms with van der Waals surface area (Å²) in [6.07, 6.45) is 2.09. The Morgan fingerprint density at radius 2 is 2.39 bits per heavy atom. The molecule has 98 valence electrons. The lowest BCUT2D eigenvalue weighted by Crippen LogP contribution is -2.31. The number of carbonyl (C=O) groups is 1. The van der Waals surface area contributed by atoms with Gasteiger partial charge in [0.15, 0.2) is 0 Å². The molecule has 0 aromatic heterocycles. The van der Waals surface area contributed by atoms with Crippen LogP contribution in [-0.2, 0) is 4.74 Å². The zero-order valence-corrected chi connectivity index (χ0v) is 10.3. The minimum Gasteiger partial charge on any atom is -0.386 e. The molecule has 0 bridgehead atoms. The highest BCUT2D eigenvalue weighted by Crippen LogP contribution is 2.15. The highest BCUT2D eigenvalue weighted by Gasteiger charge is 2.17. The van der Waals surface area contributed by atoms with Crippen molar-refractivity contribution in [1.29, 1.82) is 0 Å². The molecule has 1 aliphatic rings. The number of halogens is 1. The van der Waals surface area contributed by atoms with Crippen molar-refractivity contribution in [3.05, 3.63) is 29.6 Å². The Bertz CT molecular complexity index is 431. The van der Waals surface area contributed by atoms with E-state index < -0.39 is 5.82 Å². The molecular formula is C13H17FN2O2. The van der Waals surface area contributed by atoms with Crippen LogP contribution in [0, 0.1) is 5.82 Å². The van der Waals surface area contributed by atoms with Crippen LogP contribution in [0.2, 0.25) is 0 Å². The van der Waals surface area contributed by atoms with Crippen molar-refractivity contribution < 1.29 is 13.9 Å². The number of amides is 1. The smallest absolute Gasteiger partial charge is 0.251 e. The summed E-state index contributed by atoms with van der Waals surface area (Å²) >= 11 is 0. The molecule has 4 nitrogen and oxygen atoms in total. The van der Waals surface area contributed by atoms with Gasteiger partial charge >= 0.3 is 0 Å². The maximum atomic E-state index is 13.5. The number of benzene rings is 1. The van der Waals surface area contributed by atoms with Gasteiger partial charge in [0.2, 0.25) is 0 Å². The van der Waals surface area contributed by atoms with Crippen LogP contribution < -0.4 is 10.6 Å². The van der Waals surface area contributed by atoms with Gasteiger partial charge in [-0.15, -0.1) is 0 Å². The molecule has 1 fully saturated rings. The summed E-state index contributed by atoms with van der Waals surface area (Å²) in [6, 6.07) is 4.38. The average molecular weight is 252 g/mol. The summed E-state index contributed by atoms with van der Waals surface area (Å²) in [5.74, 6) is -0.700. The van der Waals surface area contributed by atoms with E-state index in [2.05, 4.69) is 10.6 Å². The molecule has 0 saturated carbocycles. The van der Waals surface area contributed by atoms with Crippen LogP contribution in [0.3, 0.4) is 0 Å². The van der Waals surface area contributed by atoms with Gasteiger partial charge in [-0.25, -0.2) is 4.39 Å². The molecule has 0 aliphatic carbocycles. The second-order valence-corrected chi connectivity index (χ2v) is 4.29. The van der Waals surface area contributed by atoms with Crippen molar-refractivity contribution in [3.8, 4) is 0 Å². The second kappa shape index (κ2) is 5.82. The van der Waals surface area contributed by atoms with Gasteiger partial charge in [0.25, 0.3) is 5.91 Å². The van der Waals surface area contributed by atoms with Gasteiger partial charge in [-0.3, -0.25) is 4.79 Å². The molecule has 1 aromatic rings. The first-order valence-corrected chi connectivity index (χ1v) is 6.08. The minimum absolute atomic E-state index is 0.0929. The third-order valence-electron chi connectivity index (χ3n) is 3.01. The van der Waals surface area contributed by atoms with E-state index in [1.165, 1.54) is 6.07 Å². The highest BCUT2D eigenvalue weighted by atomic mass is 19.1. The van der Waals surface area contributed by atoms with Crippen LogP contribution in [0.25, 0.3) is 0 Å². The third-order valence-corrected chi connectivity index (χ3v) is 3.01. The Labute approximate surface area is 106 Å². The number of hydrogen-bond donors (Lipinski definition) is 2. The topological polar surface area (TPSA) is 50.4 Å². The first kappa shape index (κ1) is 12.8. The highest BCUT2D eigenvalue weighted by molar-refractivity contribution is 5.94.